The molecule has 2 aliphatic rings. The standard InChI is InChI=1S/C22H25N3O3/c1-28-17-7-8-20-18(12-17)19(13-21(26)24-20)22(27)23-16-6-4-5-15(11-16)14-25-9-2-3-10-25/h4-8,11-12,19H,2-3,9-10,13-14H2,1H3,(H,23,27)(H,24,26). The predicted molar refractivity (Wildman–Crippen MR) is 109 cm³/mol. The predicted octanol–water partition coefficient (Wildman–Crippen LogP) is 3.36. The molecule has 0 aliphatic carbocycles. The normalized spacial score (nSPS) is 19.0. The van der Waals surface area contributed by atoms with Gasteiger partial charge < -0.3 is 15.4 Å². The molecule has 2 aromatic rings. The number of amides is 2. The molecule has 2 aromatic carbocycles. The van der Waals surface area contributed by atoms with Crippen molar-refractivity contribution in [2.45, 2.75) is 31.7 Å². The maximum Gasteiger partial charge on any atom is 0.232 e. The van der Waals surface area contributed by atoms with Crippen molar-refractivity contribution in [2.75, 3.05) is 30.8 Å². The van der Waals surface area contributed by atoms with Crippen LogP contribution in [0.1, 0.15) is 36.3 Å². The Bertz CT molecular complexity index is 890. The van der Waals surface area contributed by atoms with Gasteiger partial charge in [0, 0.05) is 24.3 Å². The Hall–Kier alpha value is -2.86. The Balaban J connectivity index is 1.51. The lowest BCUT2D eigenvalue weighted by Crippen LogP contribution is -2.30. The lowest BCUT2D eigenvalue weighted by Gasteiger charge is -2.25. The number of fused-ring (bicyclic) bond motifs is 1. The van der Waals surface area contributed by atoms with Gasteiger partial charge in [0.25, 0.3) is 0 Å². The highest BCUT2D eigenvalue weighted by Gasteiger charge is 2.31. The number of anilines is 2. The van der Waals surface area contributed by atoms with Gasteiger partial charge in [-0.15, -0.1) is 0 Å². The number of carbonyl (C=O) groups is 2. The third-order valence-electron chi connectivity index (χ3n) is 5.41. The third kappa shape index (κ3) is 4.02. The van der Waals surface area contributed by atoms with Crippen LogP contribution in [0.15, 0.2) is 42.5 Å². The van der Waals surface area contributed by atoms with E-state index >= 15 is 0 Å². The van der Waals surface area contributed by atoms with Crippen LogP contribution in [0.2, 0.25) is 0 Å². The van der Waals surface area contributed by atoms with E-state index in [-0.39, 0.29) is 18.2 Å². The molecule has 1 atom stereocenters. The molecule has 4 rings (SSSR count). The second-order valence-electron chi connectivity index (χ2n) is 7.43. The van der Waals surface area contributed by atoms with Gasteiger partial charge in [0.2, 0.25) is 11.8 Å². The fourth-order valence-electron chi connectivity index (χ4n) is 3.98. The van der Waals surface area contributed by atoms with Crippen molar-refractivity contribution in [2.24, 2.45) is 0 Å². The van der Waals surface area contributed by atoms with E-state index in [0.29, 0.717) is 11.4 Å². The molecule has 0 radical (unpaired) electrons. The van der Waals surface area contributed by atoms with Gasteiger partial charge in [0.05, 0.1) is 13.0 Å². The van der Waals surface area contributed by atoms with E-state index in [4.69, 9.17) is 4.74 Å². The summed E-state index contributed by atoms with van der Waals surface area (Å²) in [4.78, 5) is 27.5. The van der Waals surface area contributed by atoms with Crippen LogP contribution in [-0.2, 0) is 16.1 Å². The smallest absolute Gasteiger partial charge is 0.232 e. The van der Waals surface area contributed by atoms with Crippen molar-refractivity contribution in [1.29, 1.82) is 0 Å². The first-order valence-electron chi connectivity index (χ1n) is 9.72. The molecule has 0 saturated carbocycles. The van der Waals surface area contributed by atoms with Crippen LogP contribution < -0.4 is 15.4 Å². The number of carbonyl (C=O) groups excluding carboxylic acids is 2. The molecule has 2 heterocycles. The van der Waals surface area contributed by atoms with Gasteiger partial charge in [0.1, 0.15) is 5.75 Å². The summed E-state index contributed by atoms with van der Waals surface area (Å²) >= 11 is 0. The van der Waals surface area contributed by atoms with Gasteiger partial charge in [-0.25, -0.2) is 0 Å². The maximum atomic E-state index is 13.0. The first-order valence-corrected chi connectivity index (χ1v) is 9.72. The lowest BCUT2D eigenvalue weighted by atomic mass is 9.89. The fraction of sp³-hybridized carbons (Fsp3) is 0.364. The van der Waals surface area contributed by atoms with E-state index in [1.165, 1.54) is 18.4 Å². The number of ether oxygens (including phenoxy) is 1. The Morgan fingerprint density at radius 1 is 1.21 bits per heavy atom. The largest absolute Gasteiger partial charge is 0.497 e. The monoisotopic (exact) mass is 379 g/mol. The third-order valence-corrected chi connectivity index (χ3v) is 5.41. The number of rotatable bonds is 5. The molecule has 6 nitrogen and oxygen atoms in total. The van der Waals surface area contributed by atoms with Gasteiger partial charge in [0.15, 0.2) is 0 Å². The summed E-state index contributed by atoms with van der Waals surface area (Å²) in [5.41, 5.74) is 3.39. The molecule has 2 N–H and O–H groups in total. The maximum absolute atomic E-state index is 13.0. The molecule has 146 valence electrons. The molecular formula is C22H25N3O3. The van der Waals surface area contributed by atoms with Crippen molar-refractivity contribution in [3.8, 4) is 5.75 Å². The second-order valence-corrected chi connectivity index (χ2v) is 7.43. The van der Waals surface area contributed by atoms with Crippen LogP contribution in [0.3, 0.4) is 0 Å². The molecule has 1 unspecified atom stereocenters. The van der Waals surface area contributed by atoms with Gasteiger partial charge in [-0.05, 0) is 67.4 Å². The number of methoxy groups -OCH3 is 1. The summed E-state index contributed by atoms with van der Waals surface area (Å²) < 4.78 is 5.28. The van der Waals surface area contributed by atoms with E-state index in [9.17, 15) is 9.59 Å². The Morgan fingerprint density at radius 2 is 2.04 bits per heavy atom. The molecular weight excluding hydrogens is 354 g/mol. The zero-order valence-corrected chi connectivity index (χ0v) is 16.0. The lowest BCUT2D eigenvalue weighted by molar-refractivity contribution is -0.123. The number of hydrogen-bond acceptors (Lipinski definition) is 4. The van der Waals surface area contributed by atoms with Gasteiger partial charge in [-0.2, -0.15) is 0 Å². The molecule has 2 aliphatic heterocycles. The zero-order chi connectivity index (χ0) is 19.5. The number of nitrogens with zero attached hydrogens (tertiary/aromatic N) is 1. The molecule has 6 heteroatoms. The van der Waals surface area contributed by atoms with Gasteiger partial charge >= 0.3 is 0 Å². The summed E-state index contributed by atoms with van der Waals surface area (Å²) in [6.07, 6.45) is 2.63. The van der Waals surface area contributed by atoms with Gasteiger partial charge in [-0.1, -0.05) is 12.1 Å². The minimum atomic E-state index is -0.541. The average Bonchev–Trinajstić information content (AvgIpc) is 3.20. The topological polar surface area (TPSA) is 70.7 Å². The molecule has 1 fully saturated rings. The van der Waals surface area contributed by atoms with E-state index in [2.05, 4.69) is 21.6 Å². The fourth-order valence-corrected chi connectivity index (χ4v) is 3.98. The molecule has 2 amide bonds. The van der Waals surface area contributed by atoms with Crippen LogP contribution in [0.4, 0.5) is 11.4 Å². The number of benzene rings is 2. The van der Waals surface area contributed by atoms with Crippen molar-refractivity contribution < 1.29 is 14.3 Å². The van der Waals surface area contributed by atoms with Crippen LogP contribution in [0.5, 0.6) is 5.75 Å². The number of hydrogen-bond donors (Lipinski definition) is 2. The summed E-state index contributed by atoms with van der Waals surface area (Å²) in [5.74, 6) is -0.204. The first-order chi connectivity index (χ1) is 13.6. The second kappa shape index (κ2) is 8.02. The Labute approximate surface area is 164 Å². The Morgan fingerprint density at radius 3 is 2.82 bits per heavy atom. The zero-order valence-electron chi connectivity index (χ0n) is 16.0. The summed E-state index contributed by atoms with van der Waals surface area (Å²) in [6, 6.07) is 13.3. The van der Waals surface area contributed by atoms with Gasteiger partial charge in [-0.3, -0.25) is 14.5 Å². The summed E-state index contributed by atoms with van der Waals surface area (Å²) in [5, 5.41) is 5.83. The van der Waals surface area contributed by atoms with Crippen molar-refractivity contribution in [3.63, 3.8) is 0 Å². The highest BCUT2D eigenvalue weighted by atomic mass is 16.5. The van der Waals surface area contributed by atoms with E-state index in [1.807, 2.05) is 24.3 Å². The van der Waals surface area contributed by atoms with Crippen molar-refractivity contribution >= 4 is 23.2 Å². The van der Waals surface area contributed by atoms with Crippen LogP contribution in [0, 0.1) is 0 Å². The molecule has 1 saturated heterocycles. The molecule has 0 spiro atoms. The summed E-state index contributed by atoms with van der Waals surface area (Å²) in [7, 11) is 1.59. The van der Waals surface area contributed by atoms with Crippen molar-refractivity contribution in [1.82, 2.24) is 4.90 Å². The highest BCUT2D eigenvalue weighted by molar-refractivity contribution is 6.05. The molecule has 0 bridgehead atoms. The number of likely N-dealkylation sites (tertiary alicyclic amines) is 1. The minimum absolute atomic E-state index is 0.124. The van der Waals surface area contributed by atoms with Crippen molar-refractivity contribution in [3.05, 3.63) is 53.6 Å². The van der Waals surface area contributed by atoms with E-state index in [0.717, 1.165) is 30.9 Å². The average molecular weight is 379 g/mol. The van der Waals surface area contributed by atoms with Crippen LogP contribution in [0.25, 0.3) is 0 Å². The SMILES string of the molecule is COc1ccc2c(c1)C(C(=O)Nc1cccc(CN3CCCC3)c1)CC(=O)N2. The van der Waals surface area contributed by atoms with E-state index < -0.39 is 5.92 Å². The first kappa shape index (κ1) is 18.5. The number of nitrogens with one attached hydrogen (secondary N) is 2. The highest BCUT2D eigenvalue weighted by Crippen LogP contribution is 2.35. The molecule has 0 aromatic heterocycles. The quantitative estimate of drug-likeness (QED) is 0.836. The summed E-state index contributed by atoms with van der Waals surface area (Å²) in [6.45, 7) is 3.16. The Kier molecular flexibility index (Phi) is 5.30. The van der Waals surface area contributed by atoms with E-state index in [1.54, 1.807) is 19.2 Å². The van der Waals surface area contributed by atoms with Crippen LogP contribution in [-0.4, -0.2) is 36.9 Å². The minimum Gasteiger partial charge on any atom is -0.497 e. The van der Waals surface area contributed by atoms with Crippen LogP contribution >= 0.6 is 0 Å². The molecule has 28 heavy (non-hydrogen) atoms.